The highest BCUT2D eigenvalue weighted by atomic mass is 19.1. The highest BCUT2D eigenvalue weighted by molar-refractivity contribution is 6.08. The van der Waals surface area contributed by atoms with Gasteiger partial charge in [-0.1, -0.05) is 26.0 Å². The van der Waals surface area contributed by atoms with Crippen molar-refractivity contribution in [1.29, 1.82) is 0 Å². The fraction of sp³-hybridized carbons (Fsp3) is 0.385. The molecule has 1 rings (SSSR count). The SMILES string of the molecule is Cc1ccc(C(=O)CC(=O)C(C)C)cc1F. The molecule has 0 fully saturated rings. The predicted octanol–water partition coefficient (Wildman–Crippen LogP) is 2.93. The predicted molar refractivity (Wildman–Crippen MR) is 59.9 cm³/mol. The van der Waals surface area contributed by atoms with Crippen molar-refractivity contribution in [2.45, 2.75) is 27.2 Å². The molecule has 0 spiro atoms. The number of hydrogen-bond donors (Lipinski definition) is 0. The van der Waals surface area contributed by atoms with Crippen LogP contribution in [0.4, 0.5) is 4.39 Å². The third-order valence-corrected chi connectivity index (χ3v) is 2.47. The first kappa shape index (κ1) is 12.6. The molecule has 0 aliphatic heterocycles. The third-order valence-electron chi connectivity index (χ3n) is 2.47. The van der Waals surface area contributed by atoms with Gasteiger partial charge in [-0.05, 0) is 18.6 Å². The highest BCUT2D eigenvalue weighted by Gasteiger charge is 2.15. The van der Waals surface area contributed by atoms with Crippen LogP contribution < -0.4 is 0 Å². The molecule has 1 aromatic rings. The molecule has 0 saturated heterocycles. The molecule has 16 heavy (non-hydrogen) atoms. The molecule has 0 unspecified atom stereocenters. The average Bonchev–Trinajstić information content (AvgIpc) is 2.21. The lowest BCUT2D eigenvalue weighted by Crippen LogP contribution is -2.13. The Balaban J connectivity index is 2.81. The van der Waals surface area contributed by atoms with E-state index in [-0.39, 0.29) is 29.5 Å². The smallest absolute Gasteiger partial charge is 0.170 e. The number of carbonyl (C=O) groups excluding carboxylic acids is 2. The van der Waals surface area contributed by atoms with Gasteiger partial charge in [0.1, 0.15) is 11.6 Å². The zero-order valence-electron chi connectivity index (χ0n) is 9.71. The normalized spacial score (nSPS) is 10.6. The van der Waals surface area contributed by atoms with Crippen LogP contribution in [0.25, 0.3) is 0 Å². The van der Waals surface area contributed by atoms with E-state index in [1.165, 1.54) is 6.07 Å². The summed E-state index contributed by atoms with van der Waals surface area (Å²) in [6, 6.07) is 4.28. The Morgan fingerprint density at radius 3 is 2.44 bits per heavy atom. The van der Waals surface area contributed by atoms with E-state index in [1.807, 2.05) is 0 Å². The maximum absolute atomic E-state index is 13.2. The fourth-order valence-electron chi connectivity index (χ4n) is 1.23. The van der Waals surface area contributed by atoms with Gasteiger partial charge >= 0.3 is 0 Å². The summed E-state index contributed by atoms with van der Waals surface area (Å²) in [6.07, 6.45) is -0.153. The van der Waals surface area contributed by atoms with E-state index in [2.05, 4.69) is 0 Å². The maximum atomic E-state index is 13.2. The Kier molecular flexibility index (Phi) is 3.93. The molecule has 0 N–H and O–H groups in total. The zero-order chi connectivity index (χ0) is 12.3. The number of Topliss-reactive ketones (excluding diaryl/α,β-unsaturated/α-hetero) is 2. The van der Waals surface area contributed by atoms with Crippen LogP contribution in [0.3, 0.4) is 0 Å². The monoisotopic (exact) mass is 222 g/mol. The molecule has 2 nitrogen and oxygen atoms in total. The van der Waals surface area contributed by atoms with E-state index in [0.29, 0.717) is 5.56 Å². The molecule has 0 aromatic heterocycles. The van der Waals surface area contributed by atoms with Crippen molar-refractivity contribution in [3.8, 4) is 0 Å². The third kappa shape index (κ3) is 2.99. The summed E-state index contributed by atoms with van der Waals surface area (Å²) in [5.41, 5.74) is 0.754. The molecule has 86 valence electrons. The van der Waals surface area contributed by atoms with Crippen LogP contribution in [0.5, 0.6) is 0 Å². The topological polar surface area (TPSA) is 34.1 Å². The van der Waals surface area contributed by atoms with Gasteiger partial charge in [0.2, 0.25) is 0 Å². The summed E-state index contributed by atoms with van der Waals surface area (Å²) in [4.78, 5) is 23.0. The lowest BCUT2D eigenvalue weighted by molar-refractivity contribution is -0.121. The van der Waals surface area contributed by atoms with Gasteiger partial charge in [-0.2, -0.15) is 0 Å². The van der Waals surface area contributed by atoms with Gasteiger partial charge in [0.15, 0.2) is 5.78 Å². The largest absolute Gasteiger partial charge is 0.299 e. The highest BCUT2D eigenvalue weighted by Crippen LogP contribution is 2.12. The maximum Gasteiger partial charge on any atom is 0.170 e. The van der Waals surface area contributed by atoms with Crippen LogP contribution >= 0.6 is 0 Å². The van der Waals surface area contributed by atoms with E-state index in [0.717, 1.165) is 0 Å². The van der Waals surface area contributed by atoms with Crippen molar-refractivity contribution < 1.29 is 14.0 Å². The van der Waals surface area contributed by atoms with Gasteiger partial charge in [0.05, 0.1) is 6.42 Å². The molecular weight excluding hydrogens is 207 g/mol. The minimum Gasteiger partial charge on any atom is -0.299 e. The van der Waals surface area contributed by atoms with Gasteiger partial charge in [-0.25, -0.2) is 4.39 Å². The first-order valence-corrected chi connectivity index (χ1v) is 5.24. The van der Waals surface area contributed by atoms with Gasteiger partial charge in [-0.3, -0.25) is 9.59 Å². The summed E-state index contributed by atoms with van der Waals surface area (Å²) in [5, 5.41) is 0. The number of halogens is 1. The van der Waals surface area contributed by atoms with Crippen molar-refractivity contribution in [2.24, 2.45) is 5.92 Å². The van der Waals surface area contributed by atoms with Crippen molar-refractivity contribution in [3.63, 3.8) is 0 Å². The lowest BCUT2D eigenvalue weighted by Gasteiger charge is -2.04. The number of hydrogen-bond acceptors (Lipinski definition) is 2. The Hall–Kier alpha value is -1.51. The van der Waals surface area contributed by atoms with Crippen LogP contribution in [-0.4, -0.2) is 11.6 Å². The molecule has 1 aromatic carbocycles. The molecular formula is C13H15FO2. The number of aryl methyl sites for hydroxylation is 1. The summed E-state index contributed by atoms with van der Waals surface area (Å²) in [6.45, 7) is 5.11. The Morgan fingerprint density at radius 2 is 1.94 bits per heavy atom. The molecule has 0 aliphatic carbocycles. The van der Waals surface area contributed by atoms with Crippen molar-refractivity contribution >= 4 is 11.6 Å². The van der Waals surface area contributed by atoms with Gasteiger partial charge in [0, 0.05) is 11.5 Å². The molecule has 0 heterocycles. The molecule has 3 heteroatoms. The average molecular weight is 222 g/mol. The fourth-order valence-corrected chi connectivity index (χ4v) is 1.23. The minimum atomic E-state index is -0.414. The van der Waals surface area contributed by atoms with Crippen molar-refractivity contribution in [3.05, 3.63) is 35.1 Å². The lowest BCUT2D eigenvalue weighted by atomic mass is 9.99. The molecule has 0 atom stereocenters. The van der Waals surface area contributed by atoms with Gasteiger partial charge < -0.3 is 0 Å². The second kappa shape index (κ2) is 5.01. The van der Waals surface area contributed by atoms with Crippen molar-refractivity contribution in [1.82, 2.24) is 0 Å². The molecule has 0 bridgehead atoms. The summed E-state index contributed by atoms with van der Waals surface area (Å²) < 4.78 is 13.2. The number of carbonyl (C=O) groups is 2. The second-order valence-corrected chi connectivity index (χ2v) is 4.18. The minimum absolute atomic E-state index is 0.119. The number of ketones is 2. The van der Waals surface area contributed by atoms with Gasteiger partial charge in [0.25, 0.3) is 0 Å². The van der Waals surface area contributed by atoms with Crippen LogP contribution in [0.1, 0.15) is 36.2 Å². The quantitative estimate of drug-likeness (QED) is 0.579. The Bertz CT molecular complexity index is 422. The standard InChI is InChI=1S/C13H15FO2/c1-8(2)12(15)7-13(16)10-5-4-9(3)11(14)6-10/h4-6,8H,7H2,1-3H3. The number of benzene rings is 1. The number of rotatable bonds is 4. The summed E-state index contributed by atoms with van der Waals surface area (Å²) in [5.74, 6) is -1.02. The molecule has 0 saturated carbocycles. The molecule has 0 radical (unpaired) electrons. The van der Waals surface area contributed by atoms with Crippen LogP contribution in [0.15, 0.2) is 18.2 Å². The van der Waals surface area contributed by atoms with Crippen LogP contribution in [0, 0.1) is 18.7 Å². The van der Waals surface area contributed by atoms with E-state index in [4.69, 9.17) is 0 Å². The second-order valence-electron chi connectivity index (χ2n) is 4.18. The van der Waals surface area contributed by atoms with Crippen LogP contribution in [-0.2, 0) is 4.79 Å². The molecule has 0 amide bonds. The summed E-state index contributed by atoms with van der Waals surface area (Å²) >= 11 is 0. The first-order valence-electron chi connectivity index (χ1n) is 5.24. The zero-order valence-corrected chi connectivity index (χ0v) is 9.71. The first-order chi connectivity index (χ1) is 7.41. The van der Waals surface area contributed by atoms with E-state index >= 15 is 0 Å². The van der Waals surface area contributed by atoms with E-state index in [9.17, 15) is 14.0 Å². The molecule has 0 aliphatic rings. The van der Waals surface area contributed by atoms with E-state index < -0.39 is 5.82 Å². The Morgan fingerprint density at radius 1 is 1.31 bits per heavy atom. The van der Waals surface area contributed by atoms with Gasteiger partial charge in [-0.15, -0.1) is 0 Å². The Labute approximate surface area is 94.5 Å². The van der Waals surface area contributed by atoms with Crippen LogP contribution in [0.2, 0.25) is 0 Å². The summed E-state index contributed by atoms with van der Waals surface area (Å²) in [7, 11) is 0. The van der Waals surface area contributed by atoms with E-state index in [1.54, 1.807) is 32.9 Å². The van der Waals surface area contributed by atoms with Crippen molar-refractivity contribution in [2.75, 3.05) is 0 Å².